The van der Waals surface area contributed by atoms with Crippen LogP contribution in [-0.2, 0) is 45.0 Å². The molecule has 16 rings (SSSR count). The van der Waals surface area contributed by atoms with Gasteiger partial charge in [0.15, 0.2) is 17.3 Å². The first-order chi connectivity index (χ1) is 54.6. The molecule has 0 unspecified atom stereocenters. The van der Waals surface area contributed by atoms with Gasteiger partial charge in [0.05, 0.1) is 38.2 Å². The van der Waals surface area contributed by atoms with Crippen molar-refractivity contribution in [1.82, 2.24) is 16.0 Å². The molecule has 6 aromatic rings. The zero-order valence-corrected chi connectivity index (χ0v) is 72.8. The van der Waals surface area contributed by atoms with Gasteiger partial charge in [-0.25, -0.2) is 8.78 Å². The summed E-state index contributed by atoms with van der Waals surface area (Å²) >= 11 is 45.0. The van der Waals surface area contributed by atoms with Gasteiger partial charge in [-0.15, -0.1) is 0 Å². The van der Waals surface area contributed by atoms with E-state index in [2.05, 4.69) is 94.2 Å². The number of hydrogen-bond acceptors (Lipinski definition) is 9. The molecule has 0 bridgehead atoms. The molecule has 6 aliphatic heterocycles. The summed E-state index contributed by atoms with van der Waals surface area (Å²) in [6.07, 6.45) is 21.2. The van der Waals surface area contributed by atoms with E-state index in [0.29, 0.717) is 127 Å². The molecule has 21 heteroatoms. The van der Waals surface area contributed by atoms with E-state index in [-0.39, 0.29) is 68.0 Å². The van der Waals surface area contributed by atoms with Crippen LogP contribution in [-0.4, -0.2) is 71.3 Å². The van der Waals surface area contributed by atoms with E-state index in [9.17, 15) is 28.8 Å². The summed E-state index contributed by atoms with van der Waals surface area (Å²) in [6, 6.07) is 28.9. The van der Waals surface area contributed by atoms with Crippen LogP contribution in [0.1, 0.15) is 255 Å². The Morgan fingerprint density at radius 1 is 0.409 bits per heavy atom. The number of hydrogen-bond donors (Lipinski definition) is 6. The average molecular weight is 1710 g/mol. The maximum absolute atomic E-state index is 15.9. The van der Waals surface area contributed by atoms with E-state index in [4.69, 9.17) is 81.2 Å². The minimum absolute atomic E-state index is 0.00379. The first-order valence-electron chi connectivity index (χ1n) is 42.1. The van der Waals surface area contributed by atoms with Gasteiger partial charge in [0.25, 0.3) is 0 Å². The lowest BCUT2D eigenvalue weighted by molar-refractivity contribution is -0.124. The Labute approximate surface area is 713 Å². The maximum Gasteiger partial charge on any atom is 0.237 e. The van der Waals surface area contributed by atoms with E-state index >= 15 is 8.78 Å². The molecule has 3 spiro atoms. The van der Waals surface area contributed by atoms with Gasteiger partial charge in [0.2, 0.25) is 17.7 Å². The second kappa shape index (κ2) is 34.6. The molecule has 4 aliphatic carbocycles. The minimum Gasteiger partial charge on any atom is -0.325 e. The van der Waals surface area contributed by atoms with Crippen LogP contribution in [0.25, 0.3) is 0 Å². The fourth-order valence-electron chi connectivity index (χ4n) is 22.4. The normalized spacial score (nSPS) is 31.5. The van der Waals surface area contributed by atoms with Crippen molar-refractivity contribution in [3.8, 4) is 0 Å². The molecule has 4 saturated carbocycles. The Balaban J connectivity index is 0.000000142. The molecule has 616 valence electrons. The predicted molar refractivity (Wildman–Crippen MR) is 462 cm³/mol. The van der Waals surface area contributed by atoms with Crippen molar-refractivity contribution in [2.75, 3.05) is 16.0 Å². The number of rotatable bonds is 16. The van der Waals surface area contributed by atoms with Crippen molar-refractivity contribution in [2.24, 2.45) is 52.3 Å². The van der Waals surface area contributed by atoms with Gasteiger partial charge in [-0.1, -0.05) is 256 Å². The van der Waals surface area contributed by atoms with Gasteiger partial charge in [-0.3, -0.25) is 28.8 Å². The number of fused-ring (bicyclic) bond motifs is 6. The van der Waals surface area contributed by atoms with Crippen LogP contribution in [0.3, 0.4) is 0 Å². The minimum atomic E-state index is -1.19. The summed E-state index contributed by atoms with van der Waals surface area (Å²) in [5, 5.41) is 22.6. The third-order valence-electron chi connectivity index (χ3n) is 27.9. The Bertz CT molecular complexity index is 4690. The van der Waals surface area contributed by atoms with Gasteiger partial charge in [0, 0.05) is 87.3 Å². The standard InChI is InChI=1S/C32H37Cl2FN2O2.C31H37Cl3N2O2.C31H37Cl2FN2O2/c1-18-9-11-20(12-10-18)15-26(38)30-28(22-7-4-8-24(34)29(22)35)32(27(37-30)16-19-5-2-3-6-19)23-14-13-21(33)17-25(23)36-31(32)39;1-17-8-10-18(11-9-17)14-24(37)28-26(20-6-5-7-22(33)27(20)34)31(25(36-28)16-30(2,3)4)21-13-12-19(32)15-23(21)35-29(31)38;1-17-8-10-18(11-9-17)12-25(37)28-27(19-6-5-7-20(32)13-19)31(26(36-28)16-30(2,3)4)21-14-23(34)22(33)15-24(21)35-29(31)38/h4,7-8,13-14,17-20,27-28,30,37H,2-3,5-6,9-12,15-16H2,1H3,(H,36,39);5-7,12-13,15,17-18,25-26,28,36H,8-11,14,16H2,1-4H3,(H,35,38);5-7,13-15,17-18,26-28,36H,8-12,16H2,1-4H3,(H,35,38)/t18?,20?,27-,28-,30-,32+;17?,18?,25-,26-,28-,31+;17?,18?,26-,27-,28-,31+/m000/s1. The van der Waals surface area contributed by atoms with Crippen LogP contribution in [0.5, 0.6) is 0 Å². The van der Waals surface area contributed by atoms with E-state index < -0.39 is 69.8 Å². The van der Waals surface area contributed by atoms with Crippen molar-refractivity contribution in [1.29, 1.82) is 0 Å². The predicted octanol–water partition coefficient (Wildman–Crippen LogP) is 23.7. The number of Topliss-reactive ketones (excluding diaryl/α,β-unsaturated/α-hetero) is 3. The number of carbonyl (C=O) groups excluding carboxylic acids is 6. The van der Waals surface area contributed by atoms with Crippen LogP contribution in [0.15, 0.2) is 109 Å². The number of ketones is 3. The third kappa shape index (κ3) is 16.9. The molecule has 3 amide bonds. The van der Waals surface area contributed by atoms with Gasteiger partial charge in [0.1, 0.15) is 27.9 Å². The van der Waals surface area contributed by atoms with Crippen molar-refractivity contribution >= 4 is 133 Å². The number of amides is 3. The molecule has 6 aromatic carbocycles. The Hall–Kier alpha value is -5.49. The first-order valence-corrected chi connectivity index (χ1v) is 44.8. The molecule has 6 heterocycles. The highest BCUT2D eigenvalue weighted by Crippen LogP contribution is 2.62. The molecule has 7 fully saturated rings. The van der Waals surface area contributed by atoms with Gasteiger partial charge >= 0.3 is 0 Å². The van der Waals surface area contributed by atoms with Gasteiger partial charge < -0.3 is 31.9 Å². The maximum atomic E-state index is 15.9. The molecule has 3 saturated heterocycles. The number of anilines is 3. The van der Waals surface area contributed by atoms with Crippen LogP contribution >= 0.6 is 81.2 Å². The molecule has 12 atom stereocenters. The number of halogens is 9. The van der Waals surface area contributed by atoms with Crippen LogP contribution in [0.2, 0.25) is 35.2 Å². The zero-order valence-electron chi connectivity index (χ0n) is 67.5. The fourth-order valence-corrected chi connectivity index (χ4v) is 23.7. The summed E-state index contributed by atoms with van der Waals surface area (Å²) < 4.78 is 30.9. The van der Waals surface area contributed by atoms with Crippen molar-refractivity contribution in [3.63, 3.8) is 0 Å². The average Bonchev–Trinajstić information content (AvgIpc) is 1.54. The van der Waals surface area contributed by atoms with E-state index in [1.165, 1.54) is 31.0 Å². The van der Waals surface area contributed by atoms with Gasteiger partial charge in [-0.05, 0) is 204 Å². The highest BCUT2D eigenvalue weighted by molar-refractivity contribution is 6.42. The van der Waals surface area contributed by atoms with Crippen molar-refractivity contribution in [2.45, 2.75) is 274 Å². The Morgan fingerprint density at radius 2 is 0.800 bits per heavy atom. The lowest BCUT2D eigenvalue weighted by atomic mass is 9.62. The summed E-state index contributed by atoms with van der Waals surface area (Å²) in [7, 11) is 0. The second-order valence-electron chi connectivity index (χ2n) is 38.3. The quantitative estimate of drug-likeness (QED) is 0.0551. The summed E-state index contributed by atoms with van der Waals surface area (Å²) in [6.45, 7) is 19.7. The van der Waals surface area contributed by atoms with E-state index in [1.54, 1.807) is 42.5 Å². The Morgan fingerprint density at radius 3 is 1.26 bits per heavy atom. The third-order valence-corrected chi connectivity index (χ3v) is 30.0. The molecule has 115 heavy (non-hydrogen) atoms. The molecule has 6 N–H and O–H groups in total. The highest BCUT2D eigenvalue weighted by Gasteiger charge is 2.69. The SMILES string of the molecule is CC1CCC(CC(=O)[C@@H]2N[C@@H](CC(C)(C)C)[C@@]3(C(=O)Nc4cc(Cl)c(F)cc43)[C@H]2c2cccc(Cl)c2)CC1.CC1CCC(CC(=O)[C@@H]2N[C@@H](CC(C)(C)C)[C@@]3(C(=O)Nc4cc(Cl)ccc43)[C@H]2c2cccc(Cl)c2Cl)CC1.CC1CCC(CC(=O)[C@@H]2N[C@@H](CC3CCCC3)[C@@]3(C(=O)Nc4cc(Cl)ccc43)[C@H]2c2cccc(Cl)c2F)CC1. The summed E-state index contributed by atoms with van der Waals surface area (Å²) in [4.78, 5) is 85.2. The number of carbonyl (C=O) groups is 6. The molecule has 0 radical (unpaired) electrons. The molecule has 0 aromatic heterocycles. The first kappa shape index (κ1) is 85.9. The van der Waals surface area contributed by atoms with E-state index in [0.717, 1.165) is 119 Å². The molecule has 12 nitrogen and oxygen atoms in total. The molecule has 10 aliphatic rings. The number of nitrogens with one attached hydrogen (secondary N) is 6. The lowest BCUT2D eigenvalue weighted by Crippen LogP contribution is -2.49. The second-order valence-corrected chi connectivity index (χ2v) is 41.2. The Kier molecular flexibility index (Phi) is 25.8. The monoisotopic (exact) mass is 1700 g/mol. The topological polar surface area (TPSA) is 175 Å². The van der Waals surface area contributed by atoms with Crippen LogP contribution < -0.4 is 31.9 Å². The highest BCUT2D eigenvalue weighted by atomic mass is 35.5. The molecular formula is C94H111Cl7F2N6O6. The van der Waals surface area contributed by atoms with Gasteiger partial charge in [-0.2, -0.15) is 0 Å². The molecular weight excluding hydrogens is 1600 g/mol. The van der Waals surface area contributed by atoms with E-state index in [1.807, 2.05) is 48.5 Å². The smallest absolute Gasteiger partial charge is 0.237 e. The van der Waals surface area contributed by atoms with Crippen molar-refractivity contribution < 1.29 is 37.5 Å². The zero-order chi connectivity index (χ0) is 82.1. The fraction of sp³-hybridized carbons (Fsp3) is 0.553. The van der Waals surface area contributed by atoms with Crippen LogP contribution in [0, 0.1) is 63.9 Å². The summed E-state index contributed by atoms with van der Waals surface area (Å²) in [5.74, 6) is 0.482. The number of benzene rings is 6. The van der Waals surface area contributed by atoms with Crippen LogP contribution in [0.4, 0.5) is 25.8 Å². The summed E-state index contributed by atoms with van der Waals surface area (Å²) in [5.41, 5.74) is 2.28. The van der Waals surface area contributed by atoms with Crippen molar-refractivity contribution in [3.05, 3.63) is 189 Å². The lowest BCUT2D eigenvalue weighted by Gasteiger charge is -2.38. The largest absolute Gasteiger partial charge is 0.325 e.